The molecule has 0 aliphatic carbocycles. The number of nitrogens with zero attached hydrogens (tertiary/aromatic N) is 1. The summed E-state index contributed by atoms with van der Waals surface area (Å²) >= 11 is 3.45. The molecule has 0 spiro atoms. The van der Waals surface area contributed by atoms with Gasteiger partial charge in [0.25, 0.3) is 0 Å². The van der Waals surface area contributed by atoms with Crippen LogP contribution in [0.2, 0.25) is 0 Å². The fraction of sp³-hybridized carbons (Fsp3) is 0.235. The summed E-state index contributed by atoms with van der Waals surface area (Å²) in [5.74, 6) is 0.0218. The lowest BCUT2D eigenvalue weighted by molar-refractivity contribution is 0.101. The quantitative estimate of drug-likeness (QED) is 0.810. The van der Waals surface area contributed by atoms with Crippen LogP contribution in [0.4, 0.5) is 5.69 Å². The van der Waals surface area contributed by atoms with E-state index in [1.54, 1.807) is 6.92 Å². The first-order valence-corrected chi connectivity index (χ1v) is 7.61. The van der Waals surface area contributed by atoms with Gasteiger partial charge in [0.15, 0.2) is 5.78 Å². The van der Waals surface area contributed by atoms with Gasteiger partial charge in [-0.05, 0) is 30.7 Å². The number of aliphatic hydroxyl groups excluding tert-OH is 1. The Labute approximate surface area is 133 Å². The van der Waals surface area contributed by atoms with Crippen molar-refractivity contribution in [3.05, 3.63) is 64.1 Å². The summed E-state index contributed by atoms with van der Waals surface area (Å²) in [4.78, 5) is 13.9. The van der Waals surface area contributed by atoms with Crippen LogP contribution in [0.15, 0.2) is 53.0 Å². The molecule has 21 heavy (non-hydrogen) atoms. The van der Waals surface area contributed by atoms with Crippen LogP contribution in [-0.4, -0.2) is 24.0 Å². The van der Waals surface area contributed by atoms with Crippen LogP contribution in [0.25, 0.3) is 0 Å². The molecule has 0 saturated carbocycles. The van der Waals surface area contributed by atoms with Gasteiger partial charge in [-0.2, -0.15) is 0 Å². The Hall–Kier alpha value is -1.65. The minimum atomic E-state index is 0.0218. The van der Waals surface area contributed by atoms with Gasteiger partial charge >= 0.3 is 0 Å². The molecule has 0 amide bonds. The minimum absolute atomic E-state index is 0.0218. The number of Topliss-reactive ketones (excluding diaryl/α,β-unsaturated/α-hetero) is 1. The smallest absolute Gasteiger partial charge is 0.161 e. The number of anilines is 1. The molecule has 2 rings (SSSR count). The largest absolute Gasteiger partial charge is 0.395 e. The van der Waals surface area contributed by atoms with E-state index in [0.717, 1.165) is 15.7 Å². The summed E-state index contributed by atoms with van der Waals surface area (Å²) in [6.07, 6.45) is 0. The highest BCUT2D eigenvalue weighted by atomic mass is 79.9. The summed E-state index contributed by atoms with van der Waals surface area (Å²) in [6.45, 7) is 2.73. The van der Waals surface area contributed by atoms with Crippen LogP contribution in [-0.2, 0) is 6.54 Å². The maximum Gasteiger partial charge on any atom is 0.161 e. The number of hydrogen-bond acceptors (Lipinski definition) is 3. The zero-order valence-electron chi connectivity index (χ0n) is 11.9. The van der Waals surface area contributed by atoms with E-state index in [2.05, 4.69) is 15.9 Å². The van der Waals surface area contributed by atoms with Crippen molar-refractivity contribution in [1.29, 1.82) is 0 Å². The van der Waals surface area contributed by atoms with E-state index in [9.17, 15) is 9.90 Å². The molecule has 3 nitrogen and oxygen atoms in total. The predicted molar refractivity (Wildman–Crippen MR) is 88.7 cm³/mol. The number of ketones is 1. The maximum absolute atomic E-state index is 11.8. The van der Waals surface area contributed by atoms with Crippen LogP contribution < -0.4 is 4.90 Å². The number of aliphatic hydroxyl groups is 1. The first kappa shape index (κ1) is 15.7. The molecule has 0 atom stereocenters. The van der Waals surface area contributed by atoms with Gasteiger partial charge in [-0.3, -0.25) is 4.79 Å². The van der Waals surface area contributed by atoms with Gasteiger partial charge in [0, 0.05) is 28.8 Å². The Morgan fingerprint density at radius 1 is 1.19 bits per heavy atom. The van der Waals surface area contributed by atoms with Crippen molar-refractivity contribution in [2.45, 2.75) is 13.5 Å². The van der Waals surface area contributed by atoms with Crippen molar-refractivity contribution in [2.75, 3.05) is 18.1 Å². The van der Waals surface area contributed by atoms with Crippen molar-refractivity contribution in [2.24, 2.45) is 0 Å². The predicted octanol–water partition coefficient (Wildman–Crippen LogP) is 3.65. The molecule has 0 bridgehead atoms. The molecule has 0 fully saturated rings. The Morgan fingerprint density at radius 2 is 1.90 bits per heavy atom. The van der Waals surface area contributed by atoms with Gasteiger partial charge in [0.05, 0.1) is 6.61 Å². The van der Waals surface area contributed by atoms with Crippen LogP contribution in [0.3, 0.4) is 0 Å². The highest BCUT2D eigenvalue weighted by molar-refractivity contribution is 9.10. The van der Waals surface area contributed by atoms with Gasteiger partial charge < -0.3 is 10.0 Å². The lowest BCUT2D eigenvalue weighted by Gasteiger charge is -2.26. The van der Waals surface area contributed by atoms with Gasteiger partial charge in [-0.15, -0.1) is 0 Å². The third-order valence-electron chi connectivity index (χ3n) is 3.27. The van der Waals surface area contributed by atoms with E-state index in [4.69, 9.17) is 0 Å². The molecule has 0 heterocycles. The number of carbonyl (C=O) groups is 1. The number of halogens is 1. The van der Waals surface area contributed by atoms with Crippen molar-refractivity contribution in [3.63, 3.8) is 0 Å². The van der Waals surface area contributed by atoms with Gasteiger partial charge in [-0.1, -0.05) is 46.3 Å². The first-order chi connectivity index (χ1) is 10.1. The Kier molecular flexibility index (Phi) is 5.53. The van der Waals surface area contributed by atoms with E-state index >= 15 is 0 Å². The summed E-state index contributed by atoms with van der Waals surface area (Å²) in [6, 6.07) is 15.6. The fourth-order valence-corrected chi connectivity index (χ4v) is 2.62. The van der Waals surface area contributed by atoms with Crippen molar-refractivity contribution in [3.8, 4) is 0 Å². The van der Waals surface area contributed by atoms with Crippen LogP contribution in [0.1, 0.15) is 22.8 Å². The van der Waals surface area contributed by atoms with Gasteiger partial charge in [-0.25, -0.2) is 0 Å². The van der Waals surface area contributed by atoms with Gasteiger partial charge in [0.2, 0.25) is 0 Å². The Balaban J connectivity index is 2.37. The average molecular weight is 348 g/mol. The van der Waals surface area contributed by atoms with Crippen LogP contribution in [0.5, 0.6) is 0 Å². The number of hydrogen-bond donors (Lipinski definition) is 1. The lowest BCUT2D eigenvalue weighted by Crippen LogP contribution is -2.27. The first-order valence-electron chi connectivity index (χ1n) is 6.82. The molecule has 0 unspecified atom stereocenters. The molecular weight excluding hydrogens is 330 g/mol. The third kappa shape index (κ3) is 4.16. The highest BCUT2D eigenvalue weighted by Gasteiger charge is 2.15. The van der Waals surface area contributed by atoms with Crippen molar-refractivity contribution >= 4 is 27.4 Å². The van der Waals surface area contributed by atoms with E-state index in [1.807, 2.05) is 53.4 Å². The highest BCUT2D eigenvalue weighted by Crippen LogP contribution is 2.27. The van der Waals surface area contributed by atoms with Crippen LogP contribution in [0, 0.1) is 0 Å². The number of rotatable bonds is 6. The van der Waals surface area contributed by atoms with Crippen LogP contribution >= 0.6 is 15.9 Å². The zero-order valence-corrected chi connectivity index (χ0v) is 13.5. The molecular formula is C17H18BrNO2. The fourth-order valence-electron chi connectivity index (χ4n) is 2.27. The number of benzene rings is 2. The van der Waals surface area contributed by atoms with Gasteiger partial charge in [0.1, 0.15) is 0 Å². The normalized spacial score (nSPS) is 10.4. The molecule has 2 aromatic rings. The molecule has 110 valence electrons. The molecule has 0 aliphatic rings. The standard InChI is InChI=1S/C17H18BrNO2/c1-13(21)16-8-7-15(18)11-17(16)19(9-10-20)12-14-5-3-2-4-6-14/h2-8,11,20H,9-10,12H2,1H3. The average Bonchev–Trinajstić information content (AvgIpc) is 2.47. The zero-order chi connectivity index (χ0) is 15.2. The van der Waals surface area contributed by atoms with Crippen molar-refractivity contribution < 1.29 is 9.90 Å². The maximum atomic E-state index is 11.8. The molecule has 0 saturated heterocycles. The topological polar surface area (TPSA) is 40.5 Å². The summed E-state index contributed by atoms with van der Waals surface area (Å²) < 4.78 is 0.915. The second-order valence-corrected chi connectivity index (χ2v) is 5.76. The second-order valence-electron chi connectivity index (χ2n) is 4.85. The summed E-state index contributed by atoms with van der Waals surface area (Å²) in [5.41, 5.74) is 2.65. The van der Waals surface area contributed by atoms with E-state index in [0.29, 0.717) is 18.7 Å². The monoisotopic (exact) mass is 347 g/mol. The van der Waals surface area contributed by atoms with Crippen molar-refractivity contribution in [1.82, 2.24) is 0 Å². The minimum Gasteiger partial charge on any atom is -0.395 e. The molecule has 0 aliphatic heterocycles. The molecule has 2 aromatic carbocycles. The molecule has 1 N–H and O–H groups in total. The number of carbonyl (C=O) groups excluding carboxylic acids is 1. The third-order valence-corrected chi connectivity index (χ3v) is 3.76. The Morgan fingerprint density at radius 3 is 2.52 bits per heavy atom. The van der Waals surface area contributed by atoms with E-state index in [1.165, 1.54) is 0 Å². The Bertz CT molecular complexity index is 613. The van der Waals surface area contributed by atoms with E-state index < -0.39 is 0 Å². The summed E-state index contributed by atoms with van der Waals surface area (Å²) in [7, 11) is 0. The molecule has 0 radical (unpaired) electrons. The SMILES string of the molecule is CC(=O)c1ccc(Br)cc1N(CCO)Cc1ccccc1. The molecule has 4 heteroatoms. The lowest BCUT2D eigenvalue weighted by atomic mass is 10.1. The molecule has 0 aromatic heterocycles. The second kappa shape index (κ2) is 7.38. The van der Waals surface area contributed by atoms with E-state index in [-0.39, 0.29) is 12.4 Å². The summed E-state index contributed by atoms with van der Waals surface area (Å²) in [5, 5.41) is 9.34.